The predicted octanol–water partition coefficient (Wildman–Crippen LogP) is 0.732. The van der Waals surface area contributed by atoms with E-state index in [0.29, 0.717) is 24.6 Å². The first-order chi connectivity index (χ1) is 6.20. The van der Waals surface area contributed by atoms with Crippen LogP contribution < -0.4 is 0 Å². The van der Waals surface area contributed by atoms with Crippen LogP contribution in [0, 0.1) is 0 Å². The van der Waals surface area contributed by atoms with Crippen LogP contribution in [0.4, 0.5) is 0 Å². The summed E-state index contributed by atoms with van der Waals surface area (Å²) in [4.78, 5) is 30.2. The first-order valence-corrected chi connectivity index (χ1v) is 3.69. The van der Waals surface area contributed by atoms with Gasteiger partial charge >= 0.3 is 5.97 Å². The summed E-state index contributed by atoms with van der Waals surface area (Å²) >= 11 is 0. The Kier molecular flexibility index (Phi) is 6.05. The van der Waals surface area contributed by atoms with Gasteiger partial charge in [-0.05, 0) is 18.1 Å². The second kappa shape index (κ2) is 6.97. The highest BCUT2D eigenvalue weighted by molar-refractivity contribution is 5.81. The van der Waals surface area contributed by atoms with Gasteiger partial charge in [0.25, 0.3) is 0 Å². The minimum Gasteiger partial charge on any atom is -0.478 e. The molecule has 0 aliphatic carbocycles. The number of hydrogen-bond acceptors (Lipinski definition) is 3. The molecule has 0 spiro atoms. The smallest absolute Gasteiger partial charge is 0.328 e. The van der Waals surface area contributed by atoms with Crippen LogP contribution in [-0.4, -0.2) is 23.6 Å². The maximum Gasteiger partial charge on any atom is 0.328 e. The molecule has 0 rings (SSSR count). The minimum absolute atomic E-state index is 0.281. The fraction of sp³-hybridized carbons (Fsp3) is 0.222. The molecule has 0 aromatic heterocycles. The Bertz CT molecular complexity index is 250. The quantitative estimate of drug-likeness (QED) is 0.373. The third-order valence-corrected chi connectivity index (χ3v) is 1.27. The predicted molar refractivity (Wildman–Crippen MR) is 46.2 cm³/mol. The lowest BCUT2D eigenvalue weighted by Crippen LogP contribution is -1.88. The summed E-state index contributed by atoms with van der Waals surface area (Å²) in [5, 5.41) is 8.28. The molecule has 13 heavy (non-hydrogen) atoms. The zero-order valence-corrected chi connectivity index (χ0v) is 6.97. The molecule has 4 nitrogen and oxygen atoms in total. The fourth-order valence-electron chi connectivity index (χ4n) is 0.714. The van der Waals surface area contributed by atoms with E-state index in [-0.39, 0.29) is 6.42 Å². The molecule has 0 aliphatic rings. The molecule has 0 radical (unpaired) electrons. The molecule has 0 aliphatic heterocycles. The van der Waals surface area contributed by atoms with E-state index in [0.717, 1.165) is 6.08 Å². The molecule has 0 unspecified atom stereocenters. The average Bonchev–Trinajstić information content (AvgIpc) is 2.09. The SMILES string of the molecule is O=CC=C(C=CC(=O)O)CCC=O. The van der Waals surface area contributed by atoms with Crippen molar-refractivity contribution in [3.05, 3.63) is 23.8 Å². The van der Waals surface area contributed by atoms with Crippen LogP contribution in [0.25, 0.3) is 0 Å². The molecule has 0 fully saturated rings. The maximum atomic E-state index is 10.1. The molecule has 0 bridgehead atoms. The number of carboxylic acids is 1. The molecular formula is C9H10O4. The number of carboxylic acid groups (broad SMARTS) is 1. The molecule has 0 aromatic rings. The second-order valence-corrected chi connectivity index (χ2v) is 2.25. The van der Waals surface area contributed by atoms with Gasteiger partial charge in [-0.2, -0.15) is 0 Å². The van der Waals surface area contributed by atoms with E-state index in [4.69, 9.17) is 5.11 Å². The van der Waals surface area contributed by atoms with E-state index in [1.807, 2.05) is 0 Å². The standard InChI is InChI=1S/C9H10O4/c10-6-1-2-8(5-7-11)3-4-9(12)13/h3-7H,1-2H2,(H,12,13). The van der Waals surface area contributed by atoms with Gasteiger partial charge in [-0.15, -0.1) is 0 Å². The lowest BCUT2D eigenvalue weighted by Gasteiger charge is -1.94. The van der Waals surface area contributed by atoms with E-state index in [1.165, 1.54) is 12.2 Å². The summed E-state index contributed by atoms with van der Waals surface area (Å²) in [6, 6.07) is 0. The summed E-state index contributed by atoms with van der Waals surface area (Å²) in [5.74, 6) is -1.08. The van der Waals surface area contributed by atoms with Crippen LogP contribution in [0.3, 0.4) is 0 Å². The number of allylic oxidation sites excluding steroid dienone is 3. The number of aliphatic carboxylic acids is 1. The second-order valence-electron chi connectivity index (χ2n) is 2.25. The number of carbonyl (C=O) groups is 3. The summed E-state index contributed by atoms with van der Waals surface area (Å²) in [6.45, 7) is 0. The molecule has 0 saturated carbocycles. The zero-order valence-electron chi connectivity index (χ0n) is 6.97. The third-order valence-electron chi connectivity index (χ3n) is 1.27. The summed E-state index contributed by atoms with van der Waals surface area (Å²) in [7, 11) is 0. The molecule has 0 saturated heterocycles. The van der Waals surface area contributed by atoms with Crippen LogP contribution >= 0.6 is 0 Å². The van der Waals surface area contributed by atoms with Crippen molar-refractivity contribution in [2.75, 3.05) is 0 Å². The van der Waals surface area contributed by atoms with Crippen molar-refractivity contribution in [2.45, 2.75) is 12.8 Å². The van der Waals surface area contributed by atoms with E-state index in [1.54, 1.807) is 0 Å². The number of rotatable bonds is 6. The normalized spacial score (nSPS) is 11.5. The third kappa shape index (κ3) is 6.68. The first kappa shape index (κ1) is 11.3. The highest BCUT2D eigenvalue weighted by Gasteiger charge is 1.93. The number of carbonyl (C=O) groups excluding carboxylic acids is 2. The van der Waals surface area contributed by atoms with Crippen LogP contribution in [0.5, 0.6) is 0 Å². The molecule has 1 N–H and O–H groups in total. The van der Waals surface area contributed by atoms with Crippen molar-refractivity contribution in [2.24, 2.45) is 0 Å². The Morgan fingerprint density at radius 1 is 1.23 bits per heavy atom. The summed E-state index contributed by atoms with van der Waals surface area (Å²) in [6.07, 6.45) is 5.42. The van der Waals surface area contributed by atoms with Gasteiger partial charge < -0.3 is 9.90 Å². The minimum atomic E-state index is -1.08. The molecule has 0 atom stereocenters. The van der Waals surface area contributed by atoms with Gasteiger partial charge in [0.15, 0.2) is 0 Å². The fourth-order valence-corrected chi connectivity index (χ4v) is 0.714. The Morgan fingerprint density at radius 2 is 1.92 bits per heavy atom. The Balaban J connectivity index is 4.25. The lowest BCUT2D eigenvalue weighted by atomic mass is 10.1. The van der Waals surface area contributed by atoms with Gasteiger partial charge in [0.1, 0.15) is 12.6 Å². The highest BCUT2D eigenvalue weighted by atomic mass is 16.4. The van der Waals surface area contributed by atoms with Gasteiger partial charge in [-0.3, -0.25) is 4.79 Å². The largest absolute Gasteiger partial charge is 0.478 e. The van der Waals surface area contributed by atoms with E-state index < -0.39 is 5.97 Å². The van der Waals surface area contributed by atoms with Gasteiger partial charge in [-0.1, -0.05) is 6.08 Å². The topological polar surface area (TPSA) is 71.4 Å². The van der Waals surface area contributed by atoms with Crippen molar-refractivity contribution in [1.82, 2.24) is 0 Å². The van der Waals surface area contributed by atoms with Crippen molar-refractivity contribution >= 4 is 18.5 Å². The monoisotopic (exact) mass is 182 g/mol. The van der Waals surface area contributed by atoms with E-state index >= 15 is 0 Å². The van der Waals surface area contributed by atoms with Crippen LogP contribution in [0.2, 0.25) is 0 Å². The molecule has 0 amide bonds. The van der Waals surface area contributed by atoms with Gasteiger partial charge in [0.2, 0.25) is 0 Å². The molecule has 4 heteroatoms. The van der Waals surface area contributed by atoms with Crippen LogP contribution in [0.1, 0.15) is 12.8 Å². The first-order valence-electron chi connectivity index (χ1n) is 3.69. The van der Waals surface area contributed by atoms with Crippen molar-refractivity contribution in [3.8, 4) is 0 Å². The molecule has 70 valence electrons. The van der Waals surface area contributed by atoms with Crippen molar-refractivity contribution < 1.29 is 19.5 Å². The van der Waals surface area contributed by atoms with Crippen molar-refractivity contribution in [3.63, 3.8) is 0 Å². The Hall–Kier alpha value is -1.71. The van der Waals surface area contributed by atoms with Gasteiger partial charge in [0, 0.05) is 12.5 Å². The summed E-state index contributed by atoms with van der Waals surface area (Å²) in [5.41, 5.74) is 0.532. The Morgan fingerprint density at radius 3 is 2.38 bits per heavy atom. The average molecular weight is 182 g/mol. The maximum absolute atomic E-state index is 10.1. The van der Waals surface area contributed by atoms with Gasteiger partial charge in [-0.25, -0.2) is 4.79 Å². The lowest BCUT2D eigenvalue weighted by molar-refractivity contribution is -0.131. The molecular weight excluding hydrogens is 172 g/mol. The van der Waals surface area contributed by atoms with Gasteiger partial charge in [0.05, 0.1) is 0 Å². The highest BCUT2D eigenvalue weighted by Crippen LogP contribution is 2.04. The van der Waals surface area contributed by atoms with Crippen molar-refractivity contribution in [1.29, 1.82) is 0 Å². The Labute approximate surface area is 75.6 Å². The number of hydrogen-bond donors (Lipinski definition) is 1. The van der Waals surface area contributed by atoms with E-state index in [2.05, 4.69) is 0 Å². The van der Waals surface area contributed by atoms with Crippen LogP contribution in [0.15, 0.2) is 23.8 Å². The zero-order chi connectivity index (χ0) is 10.1. The molecule has 0 heterocycles. The van der Waals surface area contributed by atoms with Crippen LogP contribution in [-0.2, 0) is 14.4 Å². The van der Waals surface area contributed by atoms with E-state index in [9.17, 15) is 14.4 Å². The molecule has 0 aromatic carbocycles. The number of aldehydes is 2. The summed E-state index contributed by atoms with van der Waals surface area (Å²) < 4.78 is 0.